The zero-order valence-corrected chi connectivity index (χ0v) is 13.8. The molecular formula is C16H35NO2. The zero-order valence-electron chi connectivity index (χ0n) is 13.8. The summed E-state index contributed by atoms with van der Waals surface area (Å²) in [6, 6.07) is 0. The summed E-state index contributed by atoms with van der Waals surface area (Å²) in [5.41, 5.74) is 0.212. The SMILES string of the molecule is CC(C)CCCOCCCOCCCNC(C)(C)C. The summed E-state index contributed by atoms with van der Waals surface area (Å²) in [6.45, 7) is 15.5. The summed E-state index contributed by atoms with van der Waals surface area (Å²) in [5.74, 6) is 0.786. The van der Waals surface area contributed by atoms with Crippen LogP contribution in [-0.4, -0.2) is 38.5 Å². The first kappa shape index (κ1) is 18.9. The van der Waals surface area contributed by atoms with Crippen LogP contribution in [0.4, 0.5) is 0 Å². The van der Waals surface area contributed by atoms with Gasteiger partial charge >= 0.3 is 0 Å². The van der Waals surface area contributed by atoms with Gasteiger partial charge in [-0.25, -0.2) is 0 Å². The highest BCUT2D eigenvalue weighted by molar-refractivity contribution is 4.69. The van der Waals surface area contributed by atoms with E-state index in [4.69, 9.17) is 9.47 Å². The molecule has 0 fully saturated rings. The number of nitrogens with one attached hydrogen (secondary N) is 1. The Morgan fingerprint density at radius 2 is 1.37 bits per heavy atom. The fourth-order valence-electron chi connectivity index (χ4n) is 1.70. The Hall–Kier alpha value is -0.120. The summed E-state index contributed by atoms with van der Waals surface area (Å²) in [7, 11) is 0. The van der Waals surface area contributed by atoms with Crippen molar-refractivity contribution in [2.45, 2.75) is 65.8 Å². The van der Waals surface area contributed by atoms with Crippen LogP contribution in [0.15, 0.2) is 0 Å². The minimum atomic E-state index is 0.212. The van der Waals surface area contributed by atoms with Crippen LogP contribution in [0.1, 0.15) is 60.3 Å². The number of ether oxygens (including phenoxy) is 2. The molecule has 0 saturated heterocycles. The molecule has 0 aliphatic heterocycles. The van der Waals surface area contributed by atoms with Gasteiger partial charge in [0.1, 0.15) is 0 Å². The van der Waals surface area contributed by atoms with Gasteiger partial charge in [0.15, 0.2) is 0 Å². The first-order chi connectivity index (χ1) is 8.92. The maximum atomic E-state index is 5.57. The van der Waals surface area contributed by atoms with E-state index in [0.29, 0.717) is 0 Å². The maximum absolute atomic E-state index is 5.57. The van der Waals surface area contributed by atoms with E-state index in [0.717, 1.165) is 51.7 Å². The van der Waals surface area contributed by atoms with Crippen LogP contribution in [0.3, 0.4) is 0 Å². The van der Waals surface area contributed by atoms with E-state index < -0.39 is 0 Å². The second-order valence-electron chi connectivity index (χ2n) is 6.64. The van der Waals surface area contributed by atoms with E-state index in [1.807, 2.05) is 0 Å². The van der Waals surface area contributed by atoms with E-state index in [9.17, 15) is 0 Å². The zero-order chi connectivity index (χ0) is 14.6. The van der Waals surface area contributed by atoms with Gasteiger partial charge in [-0.1, -0.05) is 13.8 Å². The Bertz CT molecular complexity index is 188. The lowest BCUT2D eigenvalue weighted by molar-refractivity contribution is 0.0790. The molecule has 0 bridgehead atoms. The first-order valence-corrected chi connectivity index (χ1v) is 7.82. The molecule has 0 aromatic carbocycles. The molecule has 0 aromatic rings. The van der Waals surface area contributed by atoms with E-state index >= 15 is 0 Å². The quantitative estimate of drug-likeness (QED) is 0.551. The van der Waals surface area contributed by atoms with Crippen LogP contribution in [0.5, 0.6) is 0 Å². The van der Waals surface area contributed by atoms with Crippen LogP contribution < -0.4 is 5.32 Å². The van der Waals surface area contributed by atoms with Gasteiger partial charge in [0, 0.05) is 32.0 Å². The van der Waals surface area contributed by atoms with Gasteiger partial charge in [-0.2, -0.15) is 0 Å². The number of rotatable bonds is 12. The van der Waals surface area contributed by atoms with Crippen molar-refractivity contribution in [2.24, 2.45) is 5.92 Å². The lowest BCUT2D eigenvalue weighted by Gasteiger charge is -2.20. The van der Waals surface area contributed by atoms with Gasteiger partial charge in [0.25, 0.3) is 0 Å². The van der Waals surface area contributed by atoms with Crippen molar-refractivity contribution in [2.75, 3.05) is 33.0 Å². The molecule has 0 saturated carbocycles. The molecule has 116 valence electrons. The van der Waals surface area contributed by atoms with Gasteiger partial charge in [-0.3, -0.25) is 0 Å². The molecule has 0 rings (SSSR count). The van der Waals surface area contributed by atoms with E-state index in [1.54, 1.807) is 0 Å². The largest absolute Gasteiger partial charge is 0.381 e. The average molecular weight is 273 g/mol. The molecule has 0 aliphatic rings. The Morgan fingerprint density at radius 3 is 1.89 bits per heavy atom. The summed E-state index contributed by atoms with van der Waals surface area (Å²) >= 11 is 0. The molecule has 0 atom stereocenters. The summed E-state index contributed by atoms with van der Waals surface area (Å²) in [4.78, 5) is 0. The number of hydrogen-bond acceptors (Lipinski definition) is 3. The lowest BCUT2D eigenvalue weighted by atomic mass is 10.1. The number of hydrogen-bond donors (Lipinski definition) is 1. The van der Waals surface area contributed by atoms with E-state index in [2.05, 4.69) is 39.9 Å². The highest BCUT2D eigenvalue weighted by Crippen LogP contribution is 2.03. The molecule has 0 spiro atoms. The van der Waals surface area contributed by atoms with Crippen molar-refractivity contribution in [3.8, 4) is 0 Å². The van der Waals surface area contributed by atoms with Crippen molar-refractivity contribution < 1.29 is 9.47 Å². The van der Waals surface area contributed by atoms with Crippen LogP contribution >= 0.6 is 0 Å². The van der Waals surface area contributed by atoms with Crippen molar-refractivity contribution in [1.82, 2.24) is 5.32 Å². The van der Waals surface area contributed by atoms with Gasteiger partial charge in [-0.15, -0.1) is 0 Å². The Morgan fingerprint density at radius 1 is 0.842 bits per heavy atom. The summed E-state index contributed by atoms with van der Waals surface area (Å²) in [5, 5.41) is 3.45. The van der Waals surface area contributed by atoms with Crippen LogP contribution in [-0.2, 0) is 9.47 Å². The summed E-state index contributed by atoms with van der Waals surface area (Å²) in [6.07, 6.45) is 4.52. The van der Waals surface area contributed by atoms with Crippen molar-refractivity contribution in [1.29, 1.82) is 0 Å². The van der Waals surface area contributed by atoms with Gasteiger partial charge in [-0.05, 0) is 58.9 Å². The minimum Gasteiger partial charge on any atom is -0.381 e. The standard InChI is InChI=1S/C16H35NO2/c1-15(2)9-6-11-18-13-8-14-19-12-7-10-17-16(3,4)5/h15,17H,6-14H2,1-5H3. The van der Waals surface area contributed by atoms with Gasteiger partial charge < -0.3 is 14.8 Å². The van der Waals surface area contributed by atoms with Crippen molar-refractivity contribution >= 4 is 0 Å². The lowest BCUT2D eigenvalue weighted by Crippen LogP contribution is -2.36. The molecule has 3 nitrogen and oxygen atoms in total. The molecule has 3 heteroatoms. The second-order valence-corrected chi connectivity index (χ2v) is 6.64. The van der Waals surface area contributed by atoms with Crippen molar-refractivity contribution in [3.63, 3.8) is 0 Å². The molecule has 0 amide bonds. The van der Waals surface area contributed by atoms with Crippen molar-refractivity contribution in [3.05, 3.63) is 0 Å². The molecule has 0 radical (unpaired) electrons. The van der Waals surface area contributed by atoms with Crippen LogP contribution in [0.2, 0.25) is 0 Å². The highest BCUT2D eigenvalue weighted by Gasteiger charge is 2.06. The molecule has 0 heterocycles. The Labute approximate surface area is 120 Å². The van der Waals surface area contributed by atoms with E-state index in [1.165, 1.54) is 12.8 Å². The molecule has 1 N–H and O–H groups in total. The predicted octanol–water partition coefficient (Wildman–Crippen LogP) is 3.62. The average Bonchev–Trinajstić information content (AvgIpc) is 2.28. The maximum Gasteiger partial charge on any atom is 0.0487 e. The monoisotopic (exact) mass is 273 g/mol. The van der Waals surface area contributed by atoms with Gasteiger partial charge in [0.2, 0.25) is 0 Å². The highest BCUT2D eigenvalue weighted by atomic mass is 16.5. The molecule has 0 unspecified atom stereocenters. The smallest absolute Gasteiger partial charge is 0.0487 e. The Balaban J connectivity index is 3.03. The molecule has 19 heavy (non-hydrogen) atoms. The third-order valence-electron chi connectivity index (χ3n) is 2.77. The molecule has 0 aromatic heterocycles. The Kier molecular flexibility index (Phi) is 11.6. The minimum absolute atomic E-state index is 0.212. The predicted molar refractivity (Wildman–Crippen MR) is 82.7 cm³/mol. The van der Waals surface area contributed by atoms with E-state index in [-0.39, 0.29) is 5.54 Å². The van der Waals surface area contributed by atoms with Crippen LogP contribution in [0, 0.1) is 5.92 Å². The fourth-order valence-corrected chi connectivity index (χ4v) is 1.70. The summed E-state index contributed by atoms with van der Waals surface area (Å²) < 4.78 is 11.1. The fraction of sp³-hybridized carbons (Fsp3) is 1.00. The molecule has 0 aliphatic carbocycles. The third-order valence-corrected chi connectivity index (χ3v) is 2.77. The topological polar surface area (TPSA) is 30.5 Å². The van der Waals surface area contributed by atoms with Crippen LogP contribution in [0.25, 0.3) is 0 Å². The normalized spacial score (nSPS) is 12.3. The van der Waals surface area contributed by atoms with Gasteiger partial charge in [0.05, 0.1) is 0 Å². The first-order valence-electron chi connectivity index (χ1n) is 7.82. The molecular weight excluding hydrogens is 238 g/mol. The second kappa shape index (κ2) is 11.7. The third kappa shape index (κ3) is 17.9.